The van der Waals surface area contributed by atoms with Crippen LogP contribution >= 0.6 is 0 Å². The van der Waals surface area contributed by atoms with Crippen molar-refractivity contribution < 1.29 is 9.59 Å². The summed E-state index contributed by atoms with van der Waals surface area (Å²) in [7, 11) is 0. The van der Waals surface area contributed by atoms with Crippen molar-refractivity contribution >= 4 is 28.4 Å². The molecule has 0 saturated carbocycles. The standard InChI is InChI=1S/C31H36N4O2/c1-21(2)19-34(30(37)26-16-10-13-23-12-7-8-15-25(23)26)20-29(36)32-28-18-27(31(4,5)6)33-35(28)24-14-9-11-22(3)17-24/h7-18,21H,19-20H2,1-6H3,(H,32,36). The molecule has 0 fully saturated rings. The molecule has 37 heavy (non-hydrogen) atoms. The van der Waals surface area contributed by atoms with Crippen LogP contribution < -0.4 is 5.32 Å². The third kappa shape index (κ3) is 6.08. The summed E-state index contributed by atoms with van der Waals surface area (Å²) < 4.78 is 1.77. The van der Waals surface area contributed by atoms with E-state index in [1.54, 1.807) is 9.58 Å². The molecule has 0 aliphatic heterocycles. The highest BCUT2D eigenvalue weighted by molar-refractivity contribution is 6.08. The second-order valence-electron chi connectivity index (χ2n) is 11.1. The summed E-state index contributed by atoms with van der Waals surface area (Å²) in [6.07, 6.45) is 0. The lowest BCUT2D eigenvalue weighted by Gasteiger charge is -2.25. The fourth-order valence-corrected chi connectivity index (χ4v) is 4.39. The first-order valence-electron chi connectivity index (χ1n) is 12.8. The van der Waals surface area contributed by atoms with Gasteiger partial charge in [-0.15, -0.1) is 0 Å². The second-order valence-corrected chi connectivity index (χ2v) is 11.1. The van der Waals surface area contributed by atoms with E-state index in [1.807, 2.05) is 93.6 Å². The molecule has 0 saturated heterocycles. The average Bonchev–Trinajstić information content (AvgIpc) is 3.27. The Morgan fingerprint density at radius 2 is 1.68 bits per heavy atom. The van der Waals surface area contributed by atoms with Crippen molar-refractivity contribution in [2.75, 3.05) is 18.4 Å². The van der Waals surface area contributed by atoms with Crippen molar-refractivity contribution in [3.05, 3.63) is 89.6 Å². The van der Waals surface area contributed by atoms with Gasteiger partial charge in [-0.1, -0.05) is 83.1 Å². The molecule has 3 aromatic carbocycles. The maximum atomic E-state index is 13.7. The fraction of sp³-hybridized carbons (Fsp3) is 0.323. The predicted octanol–water partition coefficient (Wildman–Crippen LogP) is 6.37. The Morgan fingerprint density at radius 1 is 0.973 bits per heavy atom. The third-order valence-electron chi connectivity index (χ3n) is 6.22. The van der Waals surface area contributed by atoms with Gasteiger partial charge in [0, 0.05) is 23.6 Å². The number of nitrogens with one attached hydrogen (secondary N) is 1. The van der Waals surface area contributed by atoms with Gasteiger partial charge in [-0.05, 0) is 47.4 Å². The molecular weight excluding hydrogens is 460 g/mol. The van der Waals surface area contributed by atoms with E-state index in [2.05, 4.69) is 26.1 Å². The number of carbonyl (C=O) groups excluding carboxylic acids is 2. The maximum Gasteiger partial charge on any atom is 0.254 e. The number of rotatable bonds is 7. The highest BCUT2D eigenvalue weighted by atomic mass is 16.2. The molecule has 1 N–H and O–H groups in total. The van der Waals surface area contributed by atoms with Crippen LogP contribution in [0.15, 0.2) is 72.8 Å². The molecule has 6 heteroatoms. The molecule has 2 amide bonds. The Kier molecular flexibility index (Phi) is 7.48. The van der Waals surface area contributed by atoms with Gasteiger partial charge < -0.3 is 10.2 Å². The number of hydrogen-bond donors (Lipinski definition) is 1. The van der Waals surface area contributed by atoms with Gasteiger partial charge in [0.15, 0.2) is 0 Å². The normalized spacial score (nSPS) is 11.6. The van der Waals surface area contributed by atoms with Crippen LogP contribution in [0.4, 0.5) is 5.82 Å². The molecule has 4 rings (SSSR count). The molecule has 6 nitrogen and oxygen atoms in total. The highest BCUT2D eigenvalue weighted by Gasteiger charge is 2.24. The van der Waals surface area contributed by atoms with Gasteiger partial charge in [-0.2, -0.15) is 5.10 Å². The second kappa shape index (κ2) is 10.6. The number of aromatic nitrogens is 2. The minimum Gasteiger partial charge on any atom is -0.329 e. The van der Waals surface area contributed by atoms with Crippen LogP contribution in [-0.4, -0.2) is 39.6 Å². The predicted molar refractivity (Wildman–Crippen MR) is 150 cm³/mol. The van der Waals surface area contributed by atoms with Gasteiger partial charge in [0.25, 0.3) is 5.91 Å². The van der Waals surface area contributed by atoms with Gasteiger partial charge in [0.2, 0.25) is 5.91 Å². The lowest BCUT2D eigenvalue weighted by Crippen LogP contribution is -2.40. The molecule has 0 unspecified atom stereocenters. The van der Waals surface area contributed by atoms with E-state index in [4.69, 9.17) is 5.10 Å². The summed E-state index contributed by atoms with van der Waals surface area (Å²) in [5.41, 5.74) is 3.26. The SMILES string of the molecule is Cc1cccc(-n2nc(C(C)(C)C)cc2NC(=O)CN(CC(C)C)C(=O)c2cccc3ccccc23)c1. The average molecular weight is 497 g/mol. The number of anilines is 1. The van der Waals surface area contributed by atoms with E-state index in [0.29, 0.717) is 17.9 Å². The molecular formula is C31H36N4O2. The Balaban J connectivity index is 1.63. The molecule has 0 radical (unpaired) electrons. The molecule has 0 spiro atoms. The monoisotopic (exact) mass is 496 g/mol. The summed E-state index contributed by atoms with van der Waals surface area (Å²) in [5.74, 6) is 0.381. The molecule has 4 aromatic rings. The first-order chi connectivity index (χ1) is 17.5. The van der Waals surface area contributed by atoms with Crippen LogP contribution in [0.5, 0.6) is 0 Å². The molecule has 0 aliphatic rings. The quantitative estimate of drug-likeness (QED) is 0.323. The van der Waals surface area contributed by atoms with Crippen LogP contribution in [0.3, 0.4) is 0 Å². The number of carbonyl (C=O) groups is 2. The smallest absolute Gasteiger partial charge is 0.254 e. The molecule has 0 atom stereocenters. The van der Waals surface area contributed by atoms with Gasteiger partial charge in [-0.25, -0.2) is 4.68 Å². The number of aryl methyl sites for hydroxylation is 1. The Morgan fingerprint density at radius 3 is 2.38 bits per heavy atom. The van der Waals surface area contributed by atoms with Crippen LogP contribution in [0, 0.1) is 12.8 Å². The fourth-order valence-electron chi connectivity index (χ4n) is 4.39. The topological polar surface area (TPSA) is 67.2 Å². The maximum absolute atomic E-state index is 13.7. The first kappa shape index (κ1) is 26.1. The van der Waals surface area contributed by atoms with Crippen LogP contribution in [0.2, 0.25) is 0 Å². The van der Waals surface area contributed by atoms with E-state index >= 15 is 0 Å². The number of hydrogen-bond acceptors (Lipinski definition) is 3. The summed E-state index contributed by atoms with van der Waals surface area (Å²) in [6.45, 7) is 12.8. The number of nitrogens with zero attached hydrogens (tertiary/aromatic N) is 3. The van der Waals surface area contributed by atoms with E-state index in [-0.39, 0.29) is 29.7 Å². The first-order valence-corrected chi connectivity index (χ1v) is 12.8. The van der Waals surface area contributed by atoms with Gasteiger partial charge in [-0.3, -0.25) is 9.59 Å². The van der Waals surface area contributed by atoms with E-state index in [9.17, 15) is 9.59 Å². The molecule has 1 aromatic heterocycles. The van der Waals surface area contributed by atoms with E-state index in [1.165, 1.54) is 0 Å². The zero-order valence-corrected chi connectivity index (χ0v) is 22.6. The summed E-state index contributed by atoms with van der Waals surface area (Å²) >= 11 is 0. The molecule has 0 bridgehead atoms. The Hall–Kier alpha value is -3.93. The molecule has 0 aliphatic carbocycles. The van der Waals surface area contributed by atoms with Crippen LogP contribution in [-0.2, 0) is 10.2 Å². The lowest BCUT2D eigenvalue weighted by molar-refractivity contribution is -0.117. The number of benzene rings is 3. The van der Waals surface area contributed by atoms with Crippen LogP contribution in [0.25, 0.3) is 16.5 Å². The summed E-state index contributed by atoms with van der Waals surface area (Å²) in [5, 5.41) is 9.73. The Labute approximate surface area is 219 Å². The van der Waals surface area contributed by atoms with E-state index < -0.39 is 0 Å². The van der Waals surface area contributed by atoms with Crippen LogP contribution in [0.1, 0.15) is 56.2 Å². The minimum absolute atomic E-state index is 0.0515. The third-order valence-corrected chi connectivity index (χ3v) is 6.22. The van der Waals surface area contributed by atoms with Crippen molar-refractivity contribution in [3.8, 4) is 5.69 Å². The van der Waals surface area contributed by atoms with Crippen molar-refractivity contribution in [2.45, 2.75) is 47.0 Å². The largest absolute Gasteiger partial charge is 0.329 e. The summed E-state index contributed by atoms with van der Waals surface area (Å²) in [6, 6.07) is 23.5. The summed E-state index contributed by atoms with van der Waals surface area (Å²) in [4.78, 5) is 28.7. The number of fused-ring (bicyclic) bond motifs is 1. The number of amides is 2. The highest BCUT2D eigenvalue weighted by Crippen LogP contribution is 2.27. The van der Waals surface area contributed by atoms with Crippen molar-refractivity contribution in [2.24, 2.45) is 5.92 Å². The van der Waals surface area contributed by atoms with Crippen molar-refractivity contribution in [1.82, 2.24) is 14.7 Å². The van der Waals surface area contributed by atoms with Crippen molar-refractivity contribution in [3.63, 3.8) is 0 Å². The zero-order chi connectivity index (χ0) is 26.7. The van der Waals surface area contributed by atoms with E-state index in [0.717, 1.165) is 27.7 Å². The lowest BCUT2D eigenvalue weighted by atomic mass is 9.92. The Bertz CT molecular complexity index is 1420. The van der Waals surface area contributed by atoms with Crippen molar-refractivity contribution in [1.29, 1.82) is 0 Å². The van der Waals surface area contributed by atoms with Gasteiger partial charge in [0.05, 0.1) is 11.4 Å². The minimum atomic E-state index is -0.261. The molecule has 192 valence electrons. The van der Waals surface area contributed by atoms with Gasteiger partial charge >= 0.3 is 0 Å². The molecule has 1 heterocycles. The van der Waals surface area contributed by atoms with Gasteiger partial charge in [0.1, 0.15) is 12.4 Å². The zero-order valence-electron chi connectivity index (χ0n) is 22.6.